The molecule has 7 heteroatoms. The van der Waals surface area contributed by atoms with Crippen molar-refractivity contribution in [2.45, 2.75) is 13.3 Å². The number of carboxylic acids is 1. The highest BCUT2D eigenvalue weighted by molar-refractivity contribution is 5.97. The van der Waals surface area contributed by atoms with Crippen LogP contribution in [0.1, 0.15) is 38.3 Å². The minimum atomic E-state index is -1.20. The summed E-state index contributed by atoms with van der Waals surface area (Å²) in [6.07, 6.45) is 1.97. The first kappa shape index (κ1) is 19.0. The SMILES string of the molecule is Cc1cc(C=NCCCNC(=O)c2ccccc2O)c(O)c(C(=O)O)c1. The predicted molar refractivity (Wildman–Crippen MR) is 97.3 cm³/mol. The first-order valence-electron chi connectivity index (χ1n) is 8.03. The Morgan fingerprint density at radius 1 is 1.15 bits per heavy atom. The molecule has 0 aliphatic heterocycles. The number of nitrogens with one attached hydrogen (secondary N) is 1. The van der Waals surface area contributed by atoms with Gasteiger partial charge in [0.25, 0.3) is 5.91 Å². The molecule has 7 nitrogen and oxygen atoms in total. The number of carbonyl (C=O) groups excluding carboxylic acids is 1. The number of benzene rings is 2. The number of amides is 1. The topological polar surface area (TPSA) is 119 Å². The van der Waals surface area contributed by atoms with Crippen LogP contribution >= 0.6 is 0 Å². The Morgan fingerprint density at radius 2 is 1.88 bits per heavy atom. The number of aromatic hydroxyl groups is 2. The molecule has 0 atom stereocenters. The zero-order chi connectivity index (χ0) is 19.1. The smallest absolute Gasteiger partial charge is 0.339 e. The molecule has 0 heterocycles. The average molecular weight is 356 g/mol. The van der Waals surface area contributed by atoms with E-state index in [0.29, 0.717) is 30.6 Å². The second-order valence-electron chi connectivity index (χ2n) is 5.72. The fourth-order valence-corrected chi connectivity index (χ4v) is 2.36. The van der Waals surface area contributed by atoms with Crippen molar-refractivity contribution in [1.29, 1.82) is 0 Å². The number of aromatic carboxylic acids is 1. The van der Waals surface area contributed by atoms with Crippen LogP contribution in [-0.4, -0.2) is 46.5 Å². The van der Waals surface area contributed by atoms with E-state index in [2.05, 4.69) is 10.3 Å². The van der Waals surface area contributed by atoms with E-state index in [9.17, 15) is 19.8 Å². The number of phenols is 2. The molecule has 0 aliphatic carbocycles. The molecule has 136 valence electrons. The number of aryl methyl sites for hydroxylation is 1. The zero-order valence-electron chi connectivity index (χ0n) is 14.3. The van der Waals surface area contributed by atoms with Gasteiger partial charge in [-0.25, -0.2) is 4.79 Å². The third-order valence-electron chi connectivity index (χ3n) is 3.64. The number of rotatable bonds is 7. The number of carbonyl (C=O) groups is 2. The van der Waals surface area contributed by atoms with Crippen molar-refractivity contribution < 1.29 is 24.9 Å². The normalized spacial score (nSPS) is 10.8. The molecule has 0 saturated heterocycles. The van der Waals surface area contributed by atoms with Gasteiger partial charge in [0.15, 0.2) is 0 Å². The highest BCUT2D eigenvalue weighted by Crippen LogP contribution is 2.23. The summed E-state index contributed by atoms with van der Waals surface area (Å²) in [4.78, 5) is 27.1. The van der Waals surface area contributed by atoms with Crippen molar-refractivity contribution in [1.82, 2.24) is 5.32 Å². The zero-order valence-corrected chi connectivity index (χ0v) is 14.3. The number of carboxylic acid groups (broad SMARTS) is 1. The van der Waals surface area contributed by atoms with Gasteiger partial charge in [-0.2, -0.15) is 0 Å². The second kappa shape index (κ2) is 8.66. The van der Waals surface area contributed by atoms with E-state index in [1.165, 1.54) is 24.4 Å². The van der Waals surface area contributed by atoms with E-state index in [-0.39, 0.29) is 28.5 Å². The molecule has 0 aromatic heterocycles. The molecule has 26 heavy (non-hydrogen) atoms. The summed E-state index contributed by atoms with van der Waals surface area (Å²) >= 11 is 0. The van der Waals surface area contributed by atoms with Crippen LogP contribution in [0.3, 0.4) is 0 Å². The van der Waals surface area contributed by atoms with Gasteiger partial charge in [0.2, 0.25) is 0 Å². The largest absolute Gasteiger partial charge is 0.507 e. The van der Waals surface area contributed by atoms with Crippen LogP contribution in [0, 0.1) is 6.92 Å². The van der Waals surface area contributed by atoms with Gasteiger partial charge in [0.1, 0.15) is 17.1 Å². The number of nitrogens with zero attached hydrogens (tertiary/aromatic N) is 1. The van der Waals surface area contributed by atoms with Crippen molar-refractivity contribution in [2.75, 3.05) is 13.1 Å². The summed E-state index contributed by atoms with van der Waals surface area (Å²) in [6.45, 7) is 2.49. The maximum atomic E-state index is 11.9. The predicted octanol–water partition coefficient (Wildman–Crippen LogP) is 2.34. The summed E-state index contributed by atoms with van der Waals surface area (Å²) in [7, 11) is 0. The maximum absolute atomic E-state index is 11.9. The Morgan fingerprint density at radius 3 is 2.58 bits per heavy atom. The van der Waals surface area contributed by atoms with Gasteiger partial charge < -0.3 is 20.6 Å². The molecule has 2 aromatic rings. The number of aliphatic imine (C=N–C) groups is 1. The van der Waals surface area contributed by atoms with Crippen LogP contribution in [0.15, 0.2) is 41.4 Å². The summed E-state index contributed by atoms with van der Waals surface area (Å²) in [5.41, 5.74) is 1.08. The summed E-state index contributed by atoms with van der Waals surface area (Å²) in [6, 6.07) is 9.31. The quantitative estimate of drug-likeness (QED) is 0.448. The molecular formula is C19H20N2O5. The molecule has 0 radical (unpaired) electrons. The van der Waals surface area contributed by atoms with Crippen molar-refractivity contribution in [3.8, 4) is 11.5 Å². The third kappa shape index (κ3) is 4.83. The summed E-state index contributed by atoms with van der Waals surface area (Å²) < 4.78 is 0. The molecule has 0 unspecified atom stereocenters. The highest BCUT2D eigenvalue weighted by Gasteiger charge is 2.13. The highest BCUT2D eigenvalue weighted by atomic mass is 16.4. The Hall–Kier alpha value is -3.35. The number of para-hydroxylation sites is 1. The summed E-state index contributed by atoms with van der Waals surface area (Å²) in [5, 5.41) is 31.3. The van der Waals surface area contributed by atoms with Crippen molar-refractivity contribution >= 4 is 18.1 Å². The lowest BCUT2D eigenvalue weighted by atomic mass is 10.1. The molecule has 0 bridgehead atoms. The monoisotopic (exact) mass is 356 g/mol. The van der Waals surface area contributed by atoms with Crippen LogP contribution in [0.5, 0.6) is 11.5 Å². The lowest BCUT2D eigenvalue weighted by Crippen LogP contribution is -2.24. The van der Waals surface area contributed by atoms with Crippen molar-refractivity contribution in [3.63, 3.8) is 0 Å². The molecule has 0 saturated carbocycles. The molecule has 0 aliphatic rings. The van der Waals surface area contributed by atoms with Gasteiger partial charge >= 0.3 is 5.97 Å². The minimum Gasteiger partial charge on any atom is -0.507 e. The van der Waals surface area contributed by atoms with E-state index in [1.807, 2.05) is 0 Å². The maximum Gasteiger partial charge on any atom is 0.339 e. The van der Waals surface area contributed by atoms with E-state index in [0.717, 1.165) is 0 Å². The first-order valence-corrected chi connectivity index (χ1v) is 8.03. The summed E-state index contributed by atoms with van der Waals surface area (Å²) in [5.74, 6) is -1.96. The van der Waals surface area contributed by atoms with Crippen LogP contribution in [0.25, 0.3) is 0 Å². The standard InChI is InChI=1S/C19H20N2O5/c1-12-9-13(17(23)15(10-12)19(25)26)11-20-7-4-8-21-18(24)14-5-2-3-6-16(14)22/h2-3,5-6,9-11,22-23H,4,7-8H2,1H3,(H,21,24)(H,25,26). The minimum absolute atomic E-state index is 0.0767. The van der Waals surface area contributed by atoms with Crippen LogP contribution in [-0.2, 0) is 0 Å². The van der Waals surface area contributed by atoms with Crippen LogP contribution in [0.4, 0.5) is 0 Å². The Labute approximate surface area is 150 Å². The van der Waals surface area contributed by atoms with Crippen LogP contribution in [0.2, 0.25) is 0 Å². The molecule has 2 rings (SSSR count). The van der Waals surface area contributed by atoms with Gasteiger partial charge in [-0.15, -0.1) is 0 Å². The molecule has 4 N–H and O–H groups in total. The van der Waals surface area contributed by atoms with Crippen LogP contribution < -0.4 is 5.32 Å². The van der Waals surface area contributed by atoms with Gasteiger partial charge in [-0.05, 0) is 43.2 Å². The van der Waals surface area contributed by atoms with Gasteiger partial charge in [0.05, 0.1) is 5.56 Å². The van der Waals surface area contributed by atoms with Gasteiger partial charge in [-0.1, -0.05) is 12.1 Å². The van der Waals surface area contributed by atoms with Gasteiger partial charge in [0, 0.05) is 24.9 Å². The Balaban J connectivity index is 1.86. The van der Waals surface area contributed by atoms with E-state index in [1.54, 1.807) is 25.1 Å². The Bertz CT molecular complexity index is 846. The first-order chi connectivity index (χ1) is 12.4. The number of hydrogen-bond acceptors (Lipinski definition) is 5. The van der Waals surface area contributed by atoms with Crippen molar-refractivity contribution in [3.05, 3.63) is 58.7 Å². The molecule has 0 fully saturated rings. The number of hydrogen-bond donors (Lipinski definition) is 4. The van der Waals surface area contributed by atoms with E-state index in [4.69, 9.17) is 5.11 Å². The third-order valence-corrected chi connectivity index (χ3v) is 3.64. The lowest BCUT2D eigenvalue weighted by Gasteiger charge is -2.06. The fraction of sp³-hybridized carbons (Fsp3) is 0.211. The number of phenolic OH excluding ortho intramolecular Hbond substituents is 1. The molecule has 0 spiro atoms. The molecular weight excluding hydrogens is 336 g/mol. The average Bonchev–Trinajstić information content (AvgIpc) is 2.60. The second-order valence-corrected chi connectivity index (χ2v) is 5.72. The molecule has 2 aromatic carbocycles. The fourth-order valence-electron chi connectivity index (χ4n) is 2.36. The van der Waals surface area contributed by atoms with E-state index < -0.39 is 5.97 Å². The Kier molecular flexibility index (Phi) is 6.32. The van der Waals surface area contributed by atoms with E-state index >= 15 is 0 Å². The van der Waals surface area contributed by atoms with Crippen molar-refractivity contribution in [2.24, 2.45) is 4.99 Å². The van der Waals surface area contributed by atoms with Gasteiger partial charge in [-0.3, -0.25) is 9.79 Å². The lowest BCUT2D eigenvalue weighted by molar-refractivity contribution is 0.0693. The molecule has 1 amide bonds.